The van der Waals surface area contributed by atoms with Crippen molar-refractivity contribution in [3.8, 4) is 5.75 Å². The van der Waals surface area contributed by atoms with E-state index in [1.54, 1.807) is 12.1 Å². The highest BCUT2D eigenvalue weighted by molar-refractivity contribution is 5.92. The Balaban J connectivity index is 2.36. The number of non-ortho nitro benzene ring substituents is 1. The summed E-state index contributed by atoms with van der Waals surface area (Å²) in [4.78, 5) is 26.6. The number of aromatic nitrogens is 1. The molecular weight excluding hydrogens is 272 g/mol. The number of rotatable bonds is 4. The van der Waals surface area contributed by atoms with E-state index in [9.17, 15) is 14.9 Å². The number of nitro groups is 1. The summed E-state index contributed by atoms with van der Waals surface area (Å²) in [6.45, 7) is 5.34. The van der Waals surface area contributed by atoms with Gasteiger partial charge in [0, 0.05) is 17.7 Å². The van der Waals surface area contributed by atoms with E-state index in [-0.39, 0.29) is 18.1 Å². The summed E-state index contributed by atoms with van der Waals surface area (Å²) in [6, 6.07) is 6.07. The lowest BCUT2D eigenvalue weighted by molar-refractivity contribution is -0.383. The summed E-state index contributed by atoms with van der Waals surface area (Å²) in [7, 11) is 0. The van der Waals surface area contributed by atoms with E-state index < -0.39 is 10.3 Å². The van der Waals surface area contributed by atoms with Gasteiger partial charge in [-0.15, -0.1) is 0 Å². The van der Waals surface area contributed by atoms with Crippen LogP contribution in [0.4, 0.5) is 5.69 Å². The fourth-order valence-corrected chi connectivity index (χ4v) is 1.77. The molecule has 0 aliphatic rings. The van der Waals surface area contributed by atoms with Gasteiger partial charge in [-0.3, -0.25) is 19.9 Å². The first kappa shape index (κ1) is 14.9. The van der Waals surface area contributed by atoms with Crippen LogP contribution in [0.1, 0.15) is 20.8 Å². The van der Waals surface area contributed by atoms with E-state index in [4.69, 9.17) is 4.74 Å². The van der Waals surface area contributed by atoms with Gasteiger partial charge in [0.15, 0.2) is 5.78 Å². The minimum atomic E-state index is -0.496. The van der Waals surface area contributed by atoms with Crippen LogP contribution < -0.4 is 4.74 Å². The lowest BCUT2D eigenvalue weighted by Crippen LogP contribution is -2.26. The normalized spacial score (nSPS) is 11.4. The second kappa shape index (κ2) is 5.47. The molecule has 110 valence electrons. The summed E-state index contributed by atoms with van der Waals surface area (Å²) >= 11 is 0. The van der Waals surface area contributed by atoms with Crippen LogP contribution in [0.5, 0.6) is 5.75 Å². The third kappa shape index (κ3) is 3.16. The Morgan fingerprint density at radius 3 is 2.67 bits per heavy atom. The number of benzene rings is 1. The highest BCUT2D eigenvalue weighted by Gasteiger charge is 2.22. The zero-order valence-corrected chi connectivity index (χ0v) is 12.1. The molecule has 21 heavy (non-hydrogen) atoms. The number of pyridine rings is 1. The second-order valence-corrected chi connectivity index (χ2v) is 5.70. The van der Waals surface area contributed by atoms with Crippen LogP contribution in [-0.2, 0) is 4.79 Å². The van der Waals surface area contributed by atoms with Crippen LogP contribution in [0.15, 0.2) is 30.5 Å². The average Bonchev–Trinajstić information content (AvgIpc) is 2.42. The van der Waals surface area contributed by atoms with Gasteiger partial charge in [-0.25, -0.2) is 0 Å². The van der Waals surface area contributed by atoms with E-state index in [0.29, 0.717) is 16.7 Å². The number of ketones is 1. The molecule has 0 bridgehead atoms. The van der Waals surface area contributed by atoms with Crippen molar-refractivity contribution in [1.82, 2.24) is 4.98 Å². The molecule has 0 amide bonds. The molecule has 0 radical (unpaired) electrons. The number of nitrogens with zero attached hydrogens (tertiary/aromatic N) is 2. The second-order valence-electron chi connectivity index (χ2n) is 5.70. The summed E-state index contributed by atoms with van der Waals surface area (Å²) in [5.74, 6) is 0.318. The van der Waals surface area contributed by atoms with Crippen molar-refractivity contribution in [2.45, 2.75) is 20.8 Å². The monoisotopic (exact) mass is 288 g/mol. The molecule has 0 saturated heterocycles. The molecule has 0 fully saturated rings. The van der Waals surface area contributed by atoms with Crippen molar-refractivity contribution >= 4 is 22.4 Å². The molecule has 2 rings (SSSR count). The summed E-state index contributed by atoms with van der Waals surface area (Å²) < 4.78 is 5.51. The number of fused-ring (bicyclic) bond motifs is 1. The fourth-order valence-electron chi connectivity index (χ4n) is 1.77. The molecule has 0 unspecified atom stereocenters. The quantitative estimate of drug-likeness (QED) is 0.637. The number of carbonyl (C=O) groups excluding carboxylic acids is 1. The molecule has 1 aromatic carbocycles. The molecule has 1 heterocycles. The van der Waals surface area contributed by atoms with E-state index >= 15 is 0 Å². The zero-order chi connectivity index (χ0) is 15.6. The third-order valence-corrected chi connectivity index (χ3v) is 3.10. The van der Waals surface area contributed by atoms with E-state index in [0.717, 1.165) is 0 Å². The Bertz CT molecular complexity index is 704. The number of hydrogen-bond acceptors (Lipinski definition) is 5. The number of carbonyl (C=O) groups is 1. The smallest absolute Gasteiger partial charge is 0.279 e. The fraction of sp³-hybridized carbons (Fsp3) is 0.333. The molecule has 6 heteroatoms. The topological polar surface area (TPSA) is 82.3 Å². The lowest BCUT2D eigenvalue weighted by Gasteiger charge is -2.17. The van der Waals surface area contributed by atoms with Crippen LogP contribution in [0.25, 0.3) is 10.9 Å². The Hall–Kier alpha value is -2.50. The highest BCUT2D eigenvalue weighted by atomic mass is 16.6. The SMILES string of the molecule is CC(C)(C)C(=O)COc1ccc([N+](=O)[O-])c2cccnc12. The van der Waals surface area contributed by atoms with Crippen LogP contribution in [0.3, 0.4) is 0 Å². The number of hydrogen-bond donors (Lipinski definition) is 0. The van der Waals surface area contributed by atoms with Crippen LogP contribution in [0.2, 0.25) is 0 Å². The number of Topliss-reactive ketones (excluding diaryl/α,β-unsaturated/α-hetero) is 1. The van der Waals surface area contributed by atoms with E-state index in [2.05, 4.69) is 4.98 Å². The molecule has 0 N–H and O–H groups in total. The van der Waals surface area contributed by atoms with Gasteiger partial charge in [0.25, 0.3) is 5.69 Å². The zero-order valence-electron chi connectivity index (χ0n) is 12.1. The summed E-state index contributed by atoms with van der Waals surface area (Å²) in [5, 5.41) is 11.4. The van der Waals surface area contributed by atoms with Gasteiger partial charge in [-0.05, 0) is 18.2 Å². The third-order valence-electron chi connectivity index (χ3n) is 3.10. The molecule has 1 aromatic heterocycles. The first-order chi connectivity index (χ1) is 9.80. The van der Waals surface area contributed by atoms with Crippen molar-refractivity contribution < 1.29 is 14.5 Å². The maximum Gasteiger partial charge on any atom is 0.279 e. The minimum absolute atomic E-state index is 0.0346. The van der Waals surface area contributed by atoms with Crippen LogP contribution >= 0.6 is 0 Å². The number of ether oxygens (including phenoxy) is 1. The standard InChI is InChI=1S/C15H16N2O4/c1-15(2,3)13(18)9-21-12-7-6-11(17(19)20)10-5-4-8-16-14(10)12/h4-8H,9H2,1-3H3. The summed E-state index contributed by atoms with van der Waals surface area (Å²) in [5.41, 5.74) is -0.148. The average molecular weight is 288 g/mol. The Kier molecular flexibility index (Phi) is 3.88. The van der Waals surface area contributed by atoms with Gasteiger partial charge >= 0.3 is 0 Å². The molecule has 0 spiro atoms. The molecule has 0 aliphatic heterocycles. The largest absolute Gasteiger partial charge is 0.484 e. The van der Waals surface area contributed by atoms with E-state index in [1.807, 2.05) is 20.8 Å². The first-order valence-corrected chi connectivity index (χ1v) is 6.49. The molecule has 0 saturated carbocycles. The maximum atomic E-state index is 11.9. The van der Waals surface area contributed by atoms with Gasteiger partial charge in [0.1, 0.15) is 17.9 Å². The predicted molar refractivity (Wildman–Crippen MR) is 78.4 cm³/mol. The van der Waals surface area contributed by atoms with E-state index in [1.165, 1.54) is 18.3 Å². The molecule has 6 nitrogen and oxygen atoms in total. The van der Waals surface area contributed by atoms with Crippen LogP contribution in [0, 0.1) is 15.5 Å². The minimum Gasteiger partial charge on any atom is -0.484 e. The molecular formula is C15H16N2O4. The predicted octanol–water partition coefficient (Wildman–Crippen LogP) is 3.14. The Labute approximate surface area is 121 Å². The maximum absolute atomic E-state index is 11.9. The Morgan fingerprint density at radius 2 is 2.05 bits per heavy atom. The Morgan fingerprint density at radius 1 is 1.33 bits per heavy atom. The first-order valence-electron chi connectivity index (χ1n) is 6.49. The summed E-state index contributed by atoms with van der Waals surface area (Å²) in [6.07, 6.45) is 1.53. The molecule has 0 atom stereocenters. The van der Waals surface area contributed by atoms with Gasteiger partial charge in [-0.2, -0.15) is 0 Å². The molecule has 2 aromatic rings. The van der Waals surface area contributed by atoms with Crippen molar-refractivity contribution in [3.63, 3.8) is 0 Å². The van der Waals surface area contributed by atoms with Crippen molar-refractivity contribution in [3.05, 3.63) is 40.6 Å². The van der Waals surface area contributed by atoms with Crippen molar-refractivity contribution in [1.29, 1.82) is 0 Å². The van der Waals surface area contributed by atoms with Gasteiger partial charge in [0.2, 0.25) is 0 Å². The lowest BCUT2D eigenvalue weighted by atomic mass is 9.91. The van der Waals surface area contributed by atoms with Gasteiger partial charge in [0.05, 0.1) is 10.3 Å². The van der Waals surface area contributed by atoms with Gasteiger partial charge < -0.3 is 4.74 Å². The van der Waals surface area contributed by atoms with Gasteiger partial charge in [-0.1, -0.05) is 20.8 Å². The van der Waals surface area contributed by atoms with Crippen LogP contribution in [-0.4, -0.2) is 22.3 Å². The van der Waals surface area contributed by atoms with Crippen molar-refractivity contribution in [2.24, 2.45) is 5.41 Å². The molecule has 0 aliphatic carbocycles. The highest BCUT2D eigenvalue weighted by Crippen LogP contribution is 2.31. The van der Waals surface area contributed by atoms with Crippen molar-refractivity contribution in [2.75, 3.05) is 6.61 Å². The number of nitro benzene ring substituents is 1.